The molecule has 2 N–H and O–H groups in total. The van der Waals surface area contributed by atoms with Gasteiger partial charge < -0.3 is 15.4 Å². The molecule has 1 aromatic heterocycles. The summed E-state index contributed by atoms with van der Waals surface area (Å²) in [6.07, 6.45) is -1.15. The molecule has 0 aliphatic carbocycles. The van der Waals surface area contributed by atoms with Crippen molar-refractivity contribution in [3.63, 3.8) is 0 Å². The maximum atomic E-state index is 12.1. The Morgan fingerprint density at radius 2 is 1.74 bits per heavy atom. The highest BCUT2D eigenvalue weighted by Crippen LogP contribution is 2.17. The first-order valence-electron chi connectivity index (χ1n) is 8.95. The number of hydrogen-bond acceptors (Lipinski definition) is 5. The lowest BCUT2D eigenvalue weighted by atomic mass is 10.1. The van der Waals surface area contributed by atoms with E-state index in [9.17, 15) is 21.6 Å². The van der Waals surface area contributed by atoms with Crippen LogP contribution in [-0.2, 0) is 22.8 Å². The molecule has 0 aliphatic heterocycles. The number of hydrogen-bond donors (Lipinski definition) is 2. The molecule has 31 heavy (non-hydrogen) atoms. The fourth-order valence-corrected chi connectivity index (χ4v) is 3.02. The lowest BCUT2D eigenvalue weighted by molar-refractivity contribution is -0.154. The molecule has 172 valence electrons. The summed E-state index contributed by atoms with van der Waals surface area (Å²) in [4.78, 5) is 8.22. The van der Waals surface area contributed by atoms with E-state index in [2.05, 4.69) is 25.3 Å². The Hall–Kier alpha value is -2.09. The molecule has 0 fully saturated rings. The van der Waals surface area contributed by atoms with E-state index in [1.807, 2.05) is 0 Å². The summed E-state index contributed by atoms with van der Waals surface area (Å²) in [6, 6.07) is 9.67. The molecule has 0 aliphatic rings. The van der Waals surface area contributed by atoms with E-state index in [0.29, 0.717) is 25.5 Å². The zero-order valence-electron chi connectivity index (χ0n) is 16.9. The molecular weight excluding hydrogens is 548 g/mol. The number of pyridine rings is 1. The smallest absolute Gasteiger partial charge is 0.422 e. The quantitative estimate of drug-likeness (QED) is 0.287. The van der Waals surface area contributed by atoms with Crippen LogP contribution in [0.4, 0.5) is 13.2 Å². The van der Waals surface area contributed by atoms with E-state index in [4.69, 9.17) is 0 Å². The van der Waals surface area contributed by atoms with Gasteiger partial charge in [-0.05, 0) is 29.7 Å². The van der Waals surface area contributed by atoms with Gasteiger partial charge in [-0.3, -0.25) is 4.99 Å². The van der Waals surface area contributed by atoms with Crippen molar-refractivity contribution in [2.24, 2.45) is 4.99 Å². The van der Waals surface area contributed by atoms with Crippen molar-refractivity contribution in [1.29, 1.82) is 0 Å². The highest BCUT2D eigenvalue weighted by Gasteiger charge is 2.28. The minimum Gasteiger partial charge on any atom is -0.468 e. The minimum absolute atomic E-state index is 0. The molecule has 0 saturated carbocycles. The van der Waals surface area contributed by atoms with Gasteiger partial charge in [0.05, 0.1) is 4.90 Å². The Morgan fingerprint density at radius 3 is 2.26 bits per heavy atom. The monoisotopic (exact) mass is 572 g/mol. The zero-order valence-corrected chi connectivity index (χ0v) is 20.1. The minimum atomic E-state index is -4.41. The van der Waals surface area contributed by atoms with Gasteiger partial charge in [-0.2, -0.15) is 13.2 Å². The van der Waals surface area contributed by atoms with E-state index in [-0.39, 0.29) is 34.8 Å². The van der Waals surface area contributed by atoms with Crippen LogP contribution in [0.3, 0.4) is 0 Å². The lowest BCUT2D eigenvalue weighted by Gasteiger charge is -2.12. The predicted molar refractivity (Wildman–Crippen MR) is 123 cm³/mol. The number of benzene rings is 1. The van der Waals surface area contributed by atoms with Gasteiger partial charge in [0.25, 0.3) is 0 Å². The lowest BCUT2D eigenvalue weighted by Crippen LogP contribution is -2.37. The second-order valence-corrected chi connectivity index (χ2v) is 8.44. The molecule has 0 amide bonds. The Morgan fingerprint density at radius 1 is 1.10 bits per heavy atom. The van der Waals surface area contributed by atoms with Crippen molar-refractivity contribution in [1.82, 2.24) is 15.6 Å². The van der Waals surface area contributed by atoms with Crippen molar-refractivity contribution in [2.75, 3.05) is 26.5 Å². The fourth-order valence-electron chi connectivity index (χ4n) is 2.39. The molecule has 0 atom stereocenters. The Kier molecular flexibility index (Phi) is 10.5. The van der Waals surface area contributed by atoms with E-state index in [1.54, 1.807) is 37.4 Å². The van der Waals surface area contributed by atoms with Crippen LogP contribution >= 0.6 is 24.0 Å². The number of ether oxygens (including phenoxy) is 1. The van der Waals surface area contributed by atoms with Gasteiger partial charge in [-0.15, -0.1) is 24.0 Å². The summed E-state index contributed by atoms with van der Waals surface area (Å²) in [5.41, 5.74) is 1.72. The zero-order chi connectivity index (χ0) is 22.2. The molecule has 7 nitrogen and oxygen atoms in total. The first-order valence-corrected chi connectivity index (χ1v) is 10.8. The number of guanidine groups is 1. The van der Waals surface area contributed by atoms with Crippen molar-refractivity contribution >= 4 is 39.8 Å². The van der Waals surface area contributed by atoms with E-state index >= 15 is 0 Å². The van der Waals surface area contributed by atoms with Crippen LogP contribution in [0.2, 0.25) is 0 Å². The van der Waals surface area contributed by atoms with Crippen LogP contribution in [-0.4, -0.2) is 52.0 Å². The van der Waals surface area contributed by atoms with E-state index < -0.39 is 22.6 Å². The van der Waals surface area contributed by atoms with Crippen molar-refractivity contribution in [2.45, 2.75) is 24.0 Å². The Bertz CT molecular complexity index is 951. The third kappa shape index (κ3) is 10.2. The molecule has 1 heterocycles. The normalized spacial score (nSPS) is 12.1. The van der Waals surface area contributed by atoms with Crippen LogP contribution in [0.1, 0.15) is 11.1 Å². The fraction of sp³-hybridized carbons (Fsp3) is 0.368. The molecule has 0 radical (unpaired) electrons. The van der Waals surface area contributed by atoms with Gasteiger partial charge in [0.1, 0.15) is 0 Å². The third-order valence-electron chi connectivity index (χ3n) is 3.92. The van der Waals surface area contributed by atoms with Crippen LogP contribution in [0.25, 0.3) is 0 Å². The largest absolute Gasteiger partial charge is 0.468 e. The van der Waals surface area contributed by atoms with Gasteiger partial charge in [-0.25, -0.2) is 13.4 Å². The molecule has 0 saturated heterocycles. The van der Waals surface area contributed by atoms with Crippen LogP contribution in [0, 0.1) is 0 Å². The first kappa shape index (κ1) is 26.9. The van der Waals surface area contributed by atoms with Crippen molar-refractivity contribution in [3.05, 3.63) is 53.7 Å². The van der Waals surface area contributed by atoms with Gasteiger partial charge >= 0.3 is 6.18 Å². The molecule has 2 rings (SSSR count). The molecule has 0 spiro atoms. The number of sulfone groups is 1. The van der Waals surface area contributed by atoms with Crippen LogP contribution in [0.15, 0.2) is 52.5 Å². The van der Waals surface area contributed by atoms with E-state index in [1.165, 1.54) is 12.3 Å². The Balaban J connectivity index is 0.00000480. The van der Waals surface area contributed by atoms with Gasteiger partial charge in [-0.1, -0.05) is 18.2 Å². The van der Waals surface area contributed by atoms with Crippen LogP contribution < -0.4 is 15.4 Å². The summed E-state index contributed by atoms with van der Waals surface area (Å²) < 4.78 is 63.9. The number of nitrogens with one attached hydrogen (secondary N) is 2. The van der Waals surface area contributed by atoms with E-state index in [0.717, 1.165) is 17.4 Å². The van der Waals surface area contributed by atoms with Crippen molar-refractivity contribution in [3.8, 4) is 5.88 Å². The van der Waals surface area contributed by atoms with Crippen LogP contribution in [0.5, 0.6) is 5.88 Å². The summed E-state index contributed by atoms with van der Waals surface area (Å²) >= 11 is 0. The SMILES string of the molecule is CN=C(NCCc1ccc(S(C)(=O)=O)cc1)NCc1ccc(OCC(F)(F)F)nc1.I. The number of halogens is 4. The highest BCUT2D eigenvalue weighted by molar-refractivity contribution is 14.0. The number of rotatable bonds is 8. The molecule has 12 heteroatoms. The topological polar surface area (TPSA) is 92.7 Å². The van der Waals surface area contributed by atoms with Crippen molar-refractivity contribution < 1.29 is 26.3 Å². The molecule has 0 bridgehead atoms. The summed E-state index contributed by atoms with van der Waals surface area (Å²) in [5.74, 6) is 0.445. The maximum absolute atomic E-state index is 12.1. The number of aliphatic imine (C=N–C) groups is 1. The first-order chi connectivity index (χ1) is 14.1. The van der Waals surface area contributed by atoms with Gasteiger partial charge in [0, 0.05) is 38.7 Å². The Labute approximate surface area is 196 Å². The second kappa shape index (κ2) is 12.1. The number of alkyl halides is 3. The molecule has 0 unspecified atom stereocenters. The predicted octanol–water partition coefficient (Wildman–Crippen LogP) is 2.95. The molecule has 1 aromatic carbocycles. The summed E-state index contributed by atoms with van der Waals surface area (Å²) in [6.45, 7) is -0.444. The molecule has 2 aromatic rings. The maximum Gasteiger partial charge on any atom is 0.422 e. The van der Waals surface area contributed by atoms with Gasteiger partial charge in [0.15, 0.2) is 22.4 Å². The third-order valence-corrected chi connectivity index (χ3v) is 5.05. The average molecular weight is 572 g/mol. The highest BCUT2D eigenvalue weighted by atomic mass is 127. The number of aromatic nitrogens is 1. The average Bonchev–Trinajstić information content (AvgIpc) is 2.69. The van der Waals surface area contributed by atoms with Gasteiger partial charge in [0.2, 0.25) is 5.88 Å². The molecular formula is C19H24F3IN4O3S. The summed E-state index contributed by atoms with van der Waals surface area (Å²) in [5, 5.41) is 6.21. The summed E-state index contributed by atoms with van der Waals surface area (Å²) in [7, 11) is -1.60. The number of nitrogens with zero attached hydrogens (tertiary/aromatic N) is 2. The standard InChI is InChI=1S/C19H23F3N4O3S.HI/c1-23-18(24-10-9-14-3-6-16(7-4-14)30(2,27)28)26-12-15-5-8-17(25-11-15)29-13-19(20,21)22;/h3-8,11H,9-10,12-13H2,1-2H3,(H2,23,24,26);1H. The second-order valence-electron chi connectivity index (χ2n) is 6.43.